The van der Waals surface area contributed by atoms with Crippen molar-refractivity contribution in [3.8, 4) is 5.69 Å². The fourth-order valence-corrected chi connectivity index (χ4v) is 3.66. The first kappa shape index (κ1) is 19.9. The maximum Gasteiger partial charge on any atom is 0.0631 e. The second-order valence-corrected chi connectivity index (χ2v) is 7.38. The molecule has 0 N–H and O–H groups in total. The molecule has 0 atom stereocenters. The van der Waals surface area contributed by atoms with Gasteiger partial charge in [0.15, 0.2) is 0 Å². The Kier molecular flexibility index (Phi) is 6.03. The topological polar surface area (TPSA) is 20.5 Å². The predicted molar refractivity (Wildman–Crippen MR) is 122 cm³/mol. The van der Waals surface area contributed by atoms with Gasteiger partial charge in [0.25, 0.3) is 0 Å². The lowest BCUT2D eigenvalue weighted by molar-refractivity contribution is 0.866. The summed E-state index contributed by atoms with van der Waals surface area (Å²) in [5, 5.41) is 0. The average Bonchev–Trinajstić information content (AvgIpc) is 2.98. The van der Waals surface area contributed by atoms with E-state index in [9.17, 15) is 0 Å². The van der Waals surface area contributed by atoms with Crippen LogP contribution in [0.3, 0.4) is 0 Å². The second kappa shape index (κ2) is 8.47. The molecule has 28 heavy (non-hydrogen) atoms. The van der Waals surface area contributed by atoms with E-state index in [0.717, 1.165) is 24.3 Å². The second-order valence-electron chi connectivity index (χ2n) is 7.38. The minimum absolute atomic E-state index is 0.979. The summed E-state index contributed by atoms with van der Waals surface area (Å²) in [6.45, 7) is 15.0. The Morgan fingerprint density at radius 2 is 1.54 bits per heavy atom. The highest BCUT2D eigenvalue weighted by atomic mass is 15.1. The van der Waals surface area contributed by atoms with Gasteiger partial charge in [-0.2, -0.15) is 0 Å². The van der Waals surface area contributed by atoms with Crippen LogP contribution in [0, 0.1) is 27.7 Å². The zero-order chi connectivity index (χ0) is 20.3. The third-order valence-corrected chi connectivity index (χ3v) is 5.55. The molecule has 2 aromatic carbocycles. The molecule has 3 heteroatoms. The Labute approximate surface area is 169 Å². The number of aliphatic imine (C=N–C) groups is 1. The molecule has 0 bridgehead atoms. The summed E-state index contributed by atoms with van der Waals surface area (Å²) < 4.78 is 2.30. The molecule has 3 aromatic rings. The molecular weight excluding hydrogens is 342 g/mol. The van der Waals surface area contributed by atoms with Crippen LogP contribution in [-0.4, -0.2) is 23.9 Å². The van der Waals surface area contributed by atoms with Gasteiger partial charge in [-0.25, -0.2) is 0 Å². The smallest absolute Gasteiger partial charge is 0.0631 e. The lowest BCUT2D eigenvalue weighted by Gasteiger charge is -2.20. The number of aryl methyl sites for hydroxylation is 3. The molecule has 3 rings (SSSR count). The van der Waals surface area contributed by atoms with Gasteiger partial charge in [0.05, 0.1) is 5.69 Å². The van der Waals surface area contributed by atoms with Crippen LogP contribution in [0.1, 0.15) is 41.9 Å². The van der Waals surface area contributed by atoms with Crippen molar-refractivity contribution in [2.75, 3.05) is 18.0 Å². The molecule has 0 aliphatic carbocycles. The van der Waals surface area contributed by atoms with E-state index >= 15 is 0 Å². The molecule has 0 amide bonds. The van der Waals surface area contributed by atoms with Crippen LogP contribution in [0.15, 0.2) is 53.5 Å². The molecule has 0 saturated carbocycles. The first-order valence-corrected chi connectivity index (χ1v) is 10.1. The van der Waals surface area contributed by atoms with Crippen molar-refractivity contribution >= 4 is 17.6 Å². The molecule has 3 nitrogen and oxygen atoms in total. The number of nitrogens with zero attached hydrogens (tertiary/aromatic N) is 3. The van der Waals surface area contributed by atoms with Crippen molar-refractivity contribution in [2.45, 2.75) is 41.5 Å². The molecule has 0 spiro atoms. The molecule has 0 unspecified atom stereocenters. The van der Waals surface area contributed by atoms with Crippen LogP contribution in [0.5, 0.6) is 0 Å². The van der Waals surface area contributed by atoms with Gasteiger partial charge in [-0.05, 0) is 95.1 Å². The van der Waals surface area contributed by atoms with Gasteiger partial charge >= 0.3 is 0 Å². The van der Waals surface area contributed by atoms with Gasteiger partial charge < -0.3 is 9.47 Å². The van der Waals surface area contributed by atoms with Gasteiger partial charge in [-0.3, -0.25) is 4.99 Å². The van der Waals surface area contributed by atoms with Gasteiger partial charge in [0.2, 0.25) is 0 Å². The molecule has 0 fully saturated rings. The number of hydrogen-bond donors (Lipinski definition) is 0. The molecule has 0 radical (unpaired) electrons. The Morgan fingerprint density at radius 1 is 0.857 bits per heavy atom. The number of anilines is 1. The third kappa shape index (κ3) is 4.04. The number of benzene rings is 2. The number of hydrogen-bond acceptors (Lipinski definition) is 2. The average molecular weight is 374 g/mol. The Hall–Kier alpha value is -2.81. The molecular formula is C25H31N3. The van der Waals surface area contributed by atoms with E-state index in [2.05, 4.69) is 99.5 Å². The highest BCUT2D eigenvalue weighted by Crippen LogP contribution is 2.23. The van der Waals surface area contributed by atoms with Gasteiger partial charge in [0.1, 0.15) is 0 Å². The van der Waals surface area contributed by atoms with Crippen LogP contribution in [-0.2, 0) is 0 Å². The van der Waals surface area contributed by atoms with Crippen molar-refractivity contribution in [2.24, 2.45) is 4.99 Å². The van der Waals surface area contributed by atoms with E-state index in [1.54, 1.807) is 0 Å². The van der Waals surface area contributed by atoms with Gasteiger partial charge in [0, 0.05) is 47.6 Å². The normalized spacial score (nSPS) is 11.4. The Morgan fingerprint density at radius 3 is 2.14 bits per heavy atom. The van der Waals surface area contributed by atoms with E-state index in [-0.39, 0.29) is 0 Å². The summed E-state index contributed by atoms with van der Waals surface area (Å²) in [6.07, 6.45) is 1.98. The van der Waals surface area contributed by atoms with Crippen molar-refractivity contribution in [3.05, 3.63) is 76.6 Å². The standard InChI is InChI=1S/C25H31N3/c1-7-27(8-2)24-13-10-23(11-14-24)26-17-22-16-20(5)28(21(22)6)25-12-9-18(3)19(4)15-25/h9-17H,7-8H2,1-6H3. The molecule has 0 aliphatic heterocycles. The van der Waals surface area contributed by atoms with Crippen molar-refractivity contribution < 1.29 is 0 Å². The van der Waals surface area contributed by atoms with Crippen LogP contribution < -0.4 is 4.90 Å². The quantitative estimate of drug-likeness (QED) is 0.464. The minimum atomic E-state index is 0.979. The van der Waals surface area contributed by atoms with Crippen molar-refractivity contribution in [1.82, 2.24) is 4.57 Å². The molecule has 1 aromatic heterocycles. The van der Waals surface area contributed by atoms with Crippen molar-refractivity contribution in [3.63, 3.8) is 0 Å². The van der Waals surface area contributed by atoms with Crippen LogP contribution in [0.2, 0.25) is 0 Å². The Balaban J connectivity index is 1.86. The molecule has 146 valence electrons. The third-order valence-electron chi connectivity index (χ3n) is 5.55. The first-order chi connectivity index (χ1) is 13.4. The molecule has 0 aliphatic rings. The van der Waals surface area contributed by atoms with E-state index in [4.69, 9.17) is 4.99 Å². The fourth-order valence-electron chi connectivity index (χ4n) is 3.66. The zero-order valence-electron chi connectivity index (χ0n) is 18.0. The first-order valence-electron chi connectivity index (χ1n) is 10.1. The van der Waals surface area contributed by atoms with E-state index in [1.165, 1.54) is 33.9 Å². The van der Waals surface area contributed by atoms with Gasteiger partial charge in [-0.15, -0.1) is 0 Å². The highest BCUT2D eigenvalue weighted by molar-refractivity contribution is 5.84. The Bertz CT molecular complexity index is 974. The highest BCUT2D eigenvalue weighted by Gasteiger charge is 2.10. The largest absolute Gasteiger partial charge is 0.372 e. The zero-order valence-corrected chi connectivity index (χ0v) is 18.0. The summed E-state index contributed by atoms with van der Waals surface area (Å²) in [6, 6.07) is 17.3. The summed E-state index contributed by atoms with van der Waals surface area (Å²) >= 11 is 0. The summed E-state index contributed by atoms with van der Waals surface area (Å²) in [5.74, 6) is 0. The van der Waals surface area contributed by atoms with Crippen molar-refractivity contribution in [1.29, 1.82) is 0 Å². The monoisotopic (exact) mass is 373 g/mol. The van der Waals surface area contributed by atoms with E-state index in [0.29, 0.717) is 0 Å². The number of rotatable bonds is 6. The maximum absolute atomic E-state index is 4.71. The summed E-state index contributed by atoms with van der Waals surface area (Å²) in [7, 11) is 0. The molecule has 1 heterocycles. The lowest BCUT2D eigenvalue weighted by atomic mass is 10.1. The number of aromatic nitrogens is 1. The summed E-state index contributed by atoms with van der Waals surface area (Å²) in [5.41, 5.74) is 9.66. The maximum atomic E-state index is 4.71. The molecule has 0 saturated heterocycles. The van der Waals surface area contributed by atoms with Crippen LogP contribution >= 0.6 is 0 Å². The fraction of sp³-hybridized carbons (Fsp3) is 0.320. The van der Waals surface area contributed by atoms with E-state index in [1.807, 2.05) is 6.21 Å². The van der Waals surface area contributed by atoms with Crippen LogP contribution in [0.25, 0.3) is 5.69 Å². The van der Waals surface area contributed by atoms with Gasteiger partial charge in [-0.1, -0.05) is 6.07 Å². The minimum Gasteiger partial charge on any atom is -0.372 e. The van der Waals surface area contributed by atoms with Crippen LogP contribution in [0.4, 0.5) is 11.4 Å². The summed E-state index contributed by atoms with van der Waals surface area (Å²) in [4.78, 5) is 7.05. The lowest BCUT2D eigenvalue weighted by Crippen LogP contribution is -2.21. The van der Waals surface area contributed by atoms with E-state index < -0.39 is 0 Å². The predicted octanol–water partition coefficient (Wildman–Crippen LogP) is 6.31. The SMILES string of the molecule is CCN(CC)c1ccc(N=Cc2cc(C)n(-c3ccc(C)c(C)c3)c2C)cc1.